The number of hydrogen-bond acceptors (Lipinski definition) is 4. The second-order valence-electron chi connectivity index (χ2n) is 5.75. The molecule has 0 radical (unpaired) electrons. The topological polar surface area (TPSA) is 48.3 Å². The molecule has 4 nitrogen and oxygen atoms in total. The number of ether oxygens (including phenoxy) is 1. The minimum absolute atomic E-state index is 0.463. The van der Waals surface area contributed by atoms with Gasteiger partial charge in [0.05, 0.1) is 13.2 Å². The highest BCUT2D eigenvalue weighted by Gasteiger charge is 2.32. The Hall–Kier alpha value is -1.73. The van der Waals surface area contributed by atoms with Gasteiger partial charge in [0, 0.05) is 18.3 Å². The molecule has 1 aromatic carbocycles. The van der Waals surface area contributed by atoms with Gasteiger partial charge in [-0.05, 0) is 50.9 Å². The lowest BCUT2D eigenvalue weighted by Gasteiger charge is -2.28. The molecule has 1 aliphatic rings. The van der Waals surface area contributed by atoms with Crippen molar-refractivity contribution >= 4 is 5.69 Å². The summed E-state index contributed by atoms with van der Waals surface area (Å²) >= 11 is 0. The smallest absolute Gasteiger partial charge is 0.126 e. The van der Waals surface area contributed by atoms with Gasteiger partial charge in [-0.15, -0.1) is 0 Å². The summed E-state index contributed by atoms with van der Waals surface area (Å²) in [6, 6.07) is 10.3. The van der Waals surface area contributed by atoms with Crippen LogP contribution in [0.1, 0.15) is 32.6 Å². The second-order valence-corrected chi connectivity index (χ2v) is 5.75. The van der Waals surface area contributed by atoms with Gasteiger partial charge < -0.3 is 15.0 Å². The highest BCUT2D eigenvalue weighted by atomic mass is 16.5. The molecule has 1 saturated heterocycles. The molecule has 114 valence electrons. The number of nitriles is 1. The van der Waals surface area contributed by atoms with Crippen molar-refractivity contribution in [2.45, 2.75) is 38.1 Å². The molecule has 0 aliphatic carbocycles. The molecule has 4 heteroatoms. The first-order chi connectivity index (χ1) is 10.2. The Bertz CT molecular complexity index is 497. The zero-order valence-electron chi connectivity index (χ0n) is 13.1. The number of anilines is 1. The van der Waals surface area contributed by atoms with Crippen LogP contribution in [0.25, 0.3) is 0 Å². The first-order valence-corrected chi connectivity index (χ1v) is 7.77. The van der Waals surface area contributed by atoms with Crippen LogP contribution in [0.15, 0.2) is 24.3 Å². The van der Waals surface area contributed by atoms with E-state index in [1.165, 1.54) is 6.42 Å². The van der Waals surface area contributed by atoms with E-state index in [9.17, 15) is 5.26 Å². The zero-order valence-corrected chi connectivity index (χ0v) is 13.1. The molecule has 0 spiro atoms. The predicted octanol–water partition coefficient (Wildman–Crippen LogP) is 3.27. The summed E-state index contributed by atoms with van der Waals surface area (Å²) in [5.41, 5.74) is 0.495. The van der Waals surface area contributed by atoms with Crippen LogP contribution in [-0.2, 0) is 0 Å². The minimum Gasteiger partial charge on any atom is -0.497 e. The van der Waals surface area contributed by atoms with Gasteiger partial charge in [-0.3, -0.25) is 0 Å². The summed E-state index contributed by atoms with van der Waals surface area (Å²) in [7, 11) is 1.66. The van der Waals surface area contributed by atoms with E-state index in [-0.39, 0.29) is 0 Å². The van der Waals surface area contributed by atoms with Crippen LogP contribution in [-0.4, -0.2) is 37.2 Å². The first-order valence-electron chi connectivity index (χ1n) is 7.77. The van der Waals surface area contributed by atoms with E-state index in [1.807, 2.05) is 24.3 Å². The number of methoxy groups -OCH3 is 1. The van der Waals surface area contributed by atoms with Crippen molar-refractivity contribution in [2.75, 3.05) is 32.1 Å². The molecule has 0 saturated carbocycles. The van der Waals surface area contributed by atoms with Gasteiger partial charge in [0.1, 0.15) is 11.3 Å². The molecule has 1 N–H and O–H groups in total. The van der Waals surface area contributed by atoms with Crippen LogP contribution in [0, 0.1) is 11.3 Å². The average molecular weight is 287 g/mol. The normalized spacial score (nSPS) is 23.1. The van der Waals surface area contributed by atoms with E-state index in [2.05, 4.69) is 23.2 Å². The third-order valence-corrected chi connectivity index (χ3v) is 4.14. The Balaban J connectivity index is 2.09. The van der Waals surface area contributed by atoms with E-state index in [1.54, 1.807) is 7.11 Å². The Labute approximate surface area is 127 Å². The number of rotatable bonds is 5. The van der Waals surface area contributed by atoms with Crippen molar-refractivity contribution in [3.63, 3.8) is 0 Å². The zero-order chi connectivity index (χ0) is 15.1. The van der Waals surface area contributed by atoms with Gasteiger partial charge in [-0.1, -0.05) is 13.0 Å². The molecule has 2 rings (SSSR count). The van der Waals surface area contributed by atoms with Crippen LogP contribution in [0.4, 0.5) is 5.69 Å². The second kappa shape index (κ2) is 7.33. The Morgan fingerprint density at radius 3 is 2.95 bits per heavy atom. The van der Waals surface area contributed by atoms with Crippen molar-refractivity contribution in [2.24, 2.45) is 0 Å². The van der Waals surface area contributed by atoms with Crippen LogP contribution in [0.5, 0.6) is 5.75 Å². The maximum Gasteiger partial charge on any atom is 0.126 e. The first kappa shape index (κ1) is 15.7. The molecule has 1 atom stereocenters. The summed E-state index contributed by atoms with van der Waals surface area (Å²) in [5, 5.41) is 13.2. The lowest BCUT2D eigenvalue weighted by molar-refractivity contribution is 0.283. The number of likely N-dealkylation sites (tertiary alicyclic amines) is 1. The van der Waals surface area contributed by atoms with Gasteiger partial charge in [-0.2, -0.15) is 5.26 Å². The van der Waals surface area contributed by atoms with Crippen molar-refractivity contribution in [1.82, 2.24) is 4.90 Å². The highest BCUT2D eigenvalue weighted by Crippen LogP contribution is 2.28. The highest BCUT2D eigenvalue weighted by molar-refractivity contribution is 5.51. The summed E-state index contributed by atoms with van der Waals surface area (Å²) < 4.78 is 5.25. The largest absolute Gasteiger partial charge is 0.497 e. The van der Waals surface area contributed by atoms with Crippen LogP contribution < -0.4 is 10.1 Å². The maximum atomic E-state index is 9.71. The van der Waals surface area contributed by atoms with Crippen LogP contribution in [0.2, 0.25) is 0 Å². The van der Waals surface area contributed by atoms with Crippen LogP contribution >= 0.6 is 0 Å². The molecule has 1 heterocycles. The molecule has 0 aromatic heterocycles. The van der Waals surface area contributed by atoms with Gasteiger partial charge in [0.25, 0.3) is 0 Å². The lowest BCUT2D eigenvalue weighted by atomic mass is 9.92. The van der Waals surface area contributed by atoms with E-state index in [0.29, 0.717) is 0 Å². The number of nitrogens with one attached hydrogen (secondary N) is 1. The number of nitrogens with zero attached hydrogens (tertiary/aromatic N) is 2. The molecular weight excluding hydrogens is 262 g/mol. The number of benzene rings is 1. The quantitative estimate of drug-likeness (QED) is 0.903. The maximum absolute atomic E-state index is 9.71. The predicted molar refractivity (Wildman–Crippen MR) is 85.5 cm³/mol. The van der Waals surface area contributed by atoms with E-state index in [4.69, 9.17) is 4.74 Å². The van der Waals surface area contributed by atoms with Gasteiger partial charge in [-0.25, -0.2) is 0 Å². The molecule has 1 aromatic rings. The van der Waals surface area contributed by atoms with E-state index < -0.39 is 5.54 Å². The summed E-state index contributed by atoms with van der Waals surface area (Å²) in [5.74, 6) is 0.814. The summed E-state index contributed by atoms with van der Waals surface area (Å²) in [6.45, 7) is 5.41. The molecular formula is C17H25N3O. The monoisotopic (exact) mass is 287 g/mol. The third kappa shape index (κ3) is 4.12. The van der Waals surface area contributed by atoms with Gasteiger partial charge in [0.15, 0.2) is 0 Å². The fourth-order valence-electron chi connectivity index (χ4n) is 2.97. The van der Waals surface area contributed by atoms with Gasteiger partial charge in [0.2, 0.25) is 0 Å². The standard InChI is InChI=1S/C17H25N3O/c1-3-10-20-11-5-8-17(14-18,9-12-20)19-15-6-4-7-16(13-15)21-2/h4,6-7,13,19H,3,5,8-12H2,1-2H3. The molecule has 1 fully saturated rings. The Kier molecular flexibility index (Phi) is 5.46. The van der Waals surface area contributed by atoms with Crippen molar-refractivity contribution in [3.05, 3.63) is 24.3 Å². The van der Waals surface area contributed by atoms with Crippen molar-refractivity contribution in [1.29, 1.82) is 5.26 Å². The van der Waals surface area contributed by atoms with E-state index in [0.717, 1.165) is 50.3 Å². The number of hydrogen-bond donors (Lipinski definition) is 1. The molecule has 1 unspecified atom stereocenters. The van der Waals surface area contributed by atoms with Gasteiger partial charge >= 0.3 is 0 Å². The Morgan fingerprint density at radius 2 is 2.24 bits per heavy atom. The van der Waals surface area contributed by atoms with Crippen LogP contribution in [0.3, 0.4) is 0 Å². The fraction of sp³-hybridized carbons (Fsp3) is 0.588. The van der Waals surface area contributed by atoms with E-state index >= 15 is 0 Å². The third-order valence-electron chi connectivity index (χ3n) is 4.14. The average Bonchev–Trinajstić information content (AvgIpc) is 2.71. The molecule has 1 aliphatic heterocycles. The van der Waals surface area contributed by atoms with Crippen molar-refractivity contribution < 1.29 is 4.74 Å². The minimum atomic E-state index is -0.463. The molecule has 0 bridgehead atoms. The summed E-state index contributed by atoms with van der Waals surface area (Å²) in [4.78, 5) is 2.46. The SMILES string of the molecule is CCCN1CCCC(C#N)(Nc2cccc(OC)c2)CC1. The molecule has 21 heavy (non-hydrogen) atoms. The lowest BCUT2D eigenvalue weighted by Crippen LogP contribution is -2.38. The van der Waals surface area contributed by atoms with Crippen molar-refractivity contribution in [3.8, 4) is 11.8 Å². The Morgan fingerprint density at radius 1 is 1.38 bits per heavy atom. The summed E-state index contributed by atoms with van der Waals surface area (Å²) in [6.07, 6.45) is 3.98. The molecule has 0 amide bonds. The fourth-order valence-corrected chi connectivity index (χ4v) is 2.97.